The fourth-order valence-corrected chi connectivity index (χ4v) is 4.14. The van der Waals surface area contributed by atoms with Gasteiger partial charge >= 0.3 is 0 Å². The first-order chi connectivity index (χ1) is 15.2. The van der Waals surface area contributed by atoms with Crippen molar-refractivity contribution in [1.29, 1.82) is 0 Å². The molecule has 0 amide bonds. The number of aromatic hydroxyl groups is 1. The van der Waals surface area contributed by atoms with Crippen molar-refractivity contribution in [2.24, 2.45) is 0 Å². The maximum atomic E-state index is 14.0. The van der Waals surface area contributed by atoms with Gasteiger partial charge in [-0.15, -0.1) is 0 Å². The molecule has 4 N–H and O–H groups in total. The molecule has 0 atom stereocenters. The molecule has 168 valence electrons. The van der Waals surface area contributed by atoms with E-state index < -0.39 is 21.1 Å². The lowest BCUT2D eigenvalue weighted by molar-refractivity contribution is 0.432. The van der Waals surface area contributed by atoms with E-state index in [0.717, 1.165) is 22.0 Å². The molecule has 2 heterocycles. The normalized spacial score (nSPS) is 12.2. The lowest BCUT2D eigenvalue weighted by Gasteiger charge is -2.10. The quantitative estimate of drug-likeness (QED) is 0.336. The molecule has 4 aromatic rings. The van der Waals surface area contributed by atoms with E-state index in [1.165, 1.54) is 12.1 Å². The highest BCUT2D eigenvalue weighted by Crippen LogP contribution is 2.33. The summed E-state index contributed by atoms with van der Waals surface area (Å²) >= 11 is 0. The van der Waals surface area contributed by atoms with Gasteiger partial charge in [0.1, 0.15) is 5.69 Å². The number of imidazole rings is 1. The summed E-state index contributed by atoms with van der Waals surface area (Å²) in [6, 6.07) is 8.40. The Hall–Kier alpha value is -3.24. The first-order valence-corrected chi connectivity index (χ1v) is 11.8. The van der Waals surface area contributed by atoms with E-state index in [1.807, 2.05) is 25.1 Å². The molecule has 10 heteroatoms. The average molecular weight is 458 g/mol. The van der Waals surface area contributed by atoms with E-state index in [0.29, 0.717) is 29.2 Å². The smallest absolute Gasteiger partial charge is 0.214 e. The van der Waals surface area contributed by atoms with Crippen molar-refractivity contribution in [1.82, 2.24) is 24.9 Å². The number of nitrogens with zero attached hydrogens (tertiary/aromatic N) is 2. The van der Waals surface area contributed by atoms with Gasteiger partial charge in [0.2, 0.25) is 10.0 Å². The Balaban J connectivity index is 1.64. The van der Waals surface area contributed by atoms with Gasteiger partial charge in [0.25, 0.3) is 0 Å². The molecular weight excluding hydrogens is 433 g/mol. The second-order valence-corrected chi connectivity index (χ2v) is 10.1. The molecule has 32 heavy (non-hydrogen) atoms. The zero-order valence-corrected chi connectivity index (χ0v) is 18.7. The van der Waals surface area contributed by atoms with E-state index in [1.54, 1.807) is 20.0 Å². The Morgan fingerprint density at radius 1 is 1.22 bits per heavy atom. The van der Waals surface area contributed by atoms with E-state index in [2.05, 4.69) is 24.9 Å². The number of benzene rings is 2. The highest BCUT2D eigenvalue weighted by molar-refractivity contribution is 7.90. The van der Waals surface area contributed by atoms with E-state index in [4.69, 9.17) is 0 Å². The van der Waals surface area contributed by atoms with Gasteiger partial charge in [-0.1, -0.05) is 13.0 Å². The summed E-state index contributed by atoms with van der Waals surface area (Å²) in [5.74, 6) is -0.522. The van der Waals surface area contributed by atoms with Crippen LogP contribution in [0.15, 0.2) is 36.5 Å². The van der Waals surface area contributed by atoms with Crippen LogP contribution in [0.5, 0.6) is 5.75 Å². The molecule has 0 saturated carbocycles. The summed E-state index contributed by atoms with van der Waals surface area (Å²) in [7, 11) is -3.38. The van der Waals surface area contributed by atoms with Crippen LogP contribution in [0.4, 0.5) is 4.39 Å². The molecule has 0 aliphatic carbocycles. The van der Waals surface area contributed by atoms with Gasteiger partial charge in [0.15, 0.2) is 17.4 Å². The third-order valence-electron chi connectivity index (χ3n) is 5.36. The maximum absolute atomic E-state index is 14.0. The van der Waals surface area contributed by atoms with Crippen LogP contribution < -0.4 is 4.72 Å². The predicted molar refractivity (Wildman–Crippen MR) is 121 cm³/mol. The Bertz CT molecular complexity index is 1390. The third-order valence-corrected chi connectivity index (χ3v) is 7.15. The minimum Gasteiger partial charge on any atom is -0.505 e. The van der Waals surface area contributed by atoms with Gasteiger partial charge in [-0.05, 0) is 61.2 Å². The molecular formula is C22H24FN5O3S. The number of rotatable bonds is 7. The number of halogens is 1. The van der Waals surface area contributed by atoms with Crippen molar-refractivity contribution in [3.63, 3.8) is 0 Å². The van der Waals surface area contributed by atoms with Crippen molar-refractivity contribution in [3.05, 3.63) is 53.6 Å². The Kier molecular flexibility index (Phi) is 5.74. The SMILES string of the molecule is CCc1cc(O)c(F)cc1-c1ccc2c(-c3ncc(CNS(=O)(=O)C(C)C)[nH]3)n[nH]c2c1. The Morgan fingerprint density at radius 3 is 2.72 bits per heavy atom. The molecule has 2 aromatic heterocycles. The monoisotopic (exact) mass is 457 g/mol. The van der Waals surface area contributed by atoms with E-state index in [9.17, 15) is 17.9 Å². The number of H-pyrrole nitrogens is 2. The molecule has 0 spiro atoms. The standard InChI is InChI=1S/C22H24FN5O3S/c1-4-13-8-20(29)18(23)9-17(13)14-5-6-16-19(7-14)27-28-21(16)22-24-10-15(26-22)11-25-32(30,31)12(2)3/h5-10,12,25,29H,4,11H2,1-3H3,(H,24,26)(H,27,28). The fraction of sp³-hybridized carbons (Fsp3) is 0.273. The topological polar surface area (TPSA) is 124 Å². The number of sulfonamides is 1. The van der Waals surface area contributed by atoms with E-state index in [-0.39, 0.29) is 12.3 Å². The van der Waals surface area contributed by atoms with Crippen LogP contribution in [0.2, 0.25) is 0 Å². The highest BCUT2D eigenvalue weighted by Gasteiger charge is 2.17. The Labute approximate surface area is 185 Å². The van der Waals surface area contributed by atoms with E-state index >= 15 is 0 Å². The second kappa shape index (κ2) is 8.36. The van der Waals surface area contributed by atoms with Crippen molar-refractivity contribution < 1.29 is 17.9 Å². The van der Waals surface area contributed by atoms with Crippen molar-refractivity contribution in [2.75, 3.05) is 0 Å². The minimum atomic E-state index is -3.38. The highest BCUT2D eigenvalue weighted by atomic mass is 32.2. The molecule has 0 radical (unpaired) electrons. The van der Waals surface area contributed by atoms with Crippen molar-refractivity contribution in [3.8, 4) is 28.4 Å². The zero-order valence-electron chi connectivity index (χ0n) is 17.9. The zero-order chi connectivity index (χ0) is 23.0. The molecule has 0 aliphatic rings. The molecule has 0 unspecified atom stereocenters. The lowest BCUT2D eigenvalue weighted by Crippen LogP contribution is -2.30. The molecule has 0 bridgehead atoms. The predicted octanol–water partition coefficient (Wildman–Crippen LogP) is 3.85. The first kappa shape index (κ1) is 22.0. The van der Waals surface area contributed by atoms with Crippen LogP contribution >= 0.6 is 0 Å². The van der Waals surface area contributed by atoms with Crippen molar-refractivity contribution >= 4 is 20.9 Å². The van der Waals surface area contributed by atoms with Crippen LogP contribution in [0, 0.1) is 5.82 Å². The maximum Gasteiger partial charge on any atom is 0.214 e. The summed E-state index contributed by atoms with van der Waals surface area (Å²) in [6.07, 6.45) is 2.21. The summed E-state index contributed by atoms with van der Waals surface area (Å²) in [5.41, 5.74) is 4.29. The van der Waals surface area contributed by atoms with Crippen molar-refractivity contribution in [2.45, 2.75) is 39.0 Å². The number of aryl methyl sites for hydroxylation is 1. The first-order valence-electron chi connectivity index (χ1n) is 10.2. The molecule has 0 saturated heterocycles. The number of aromatic amines is 2. The van der Waals surface area contributed by atoms with Gasteiger partial charge < -0.3 is 10.1 Å². The van der Waals surface area contributed by atoms with Gasteiger partial charge in [0, 0.05) is 5.39 Å². The number of nitrogens with one attached hydrogen (secondary N) is 3. The van der Waals surface area contributed by atoms with Crippen LogP contribution in [-0.2, 0) is 23.0 Å². The number of phenols is 1. The number of phenolic OH excluding ortho intramolecular Hbond substituents is 1. The molecule has 8 nitrogen and oxygen atoms in total. The number of hydrogen-bond acceptors (Lipinski definition) is 5. The molecule has 4 rings (SSSR count). The summed E-state index contributed by atoms with van der Waals surface area (Å²) in [6.45, 7) is 5.27. The van der Waals surface area contributed by atoms with Crippen LogP contribution in [0.25, 0.3) is 33.5 Å². The molecule has 0 aliphatic heterocycles. The summed E-state index contributed by atoms with van der Waals surface area (Å²) < 4.78 is 40.4. The van der Waals surface area contributed by atoms with Crippen LogP contribution in [-0.4, -0.2) is 38.9 Å². The second-order valence-electron chi connectivity index (χ2n) is 7.82. The van der Waals surface area contributed by atoms with Gasteiger partial charge in [-0.3, -0.25) is 5.10 Å². The lowest BCUT2D eigenvalue weighted by atomic mass is 9.96. The minimum absolute atomic E-state index is 0.103. The summed E-state index contributed by atoms with van der Waals surface area (Å²) in [5, 5.41) is 17.3. The summed E-state index contributed by atoms with van der Waals surface area (Å²) in [4.78, 5) is 7.43. The number of aromatic nitrogens is 4. The Morgan fingerprint density at radius 2 is 2.00 bits per heavy atom. The van der Waals surface area contributed by atoms with Gasteiger partial charge in [-0.25, -0.2) is 22.5 Å². The third kappa shape index (κ3) is 4.11. The fourth-order valence-electron chi connectivity index (χ4n) is 3.45. The van der Waals surface area contributed by atoms with Crippen LogP contribution in [0.3, 0.4) is 0 Å². The van der Waals surface area contributed by atoms with Crippen LogP contribution in [0.1, 0.15) is 32.0 Å². The molecule has 0 fully saturated rings. The largest absolute Gasteiger partial charge is 0.505 e. The molecule has 2 aromatic carbocycles. The number of hydrogen-bond donors (Lipinski definition) is 4. The average Bonchev–Trinajstić information content (AvgIpc) is 3.40. The number of fused-ring (bicyclic) bond motifs is 1. The van der Waals surface area contributed by atoms with Gasteiger partial charge in [-0.2, -0.15) is 5.10 Å². The van der Waals surface area contributed by atoms with Gasteiger partial charge in [0.05, 0.1) is 29.2 Å².